The standard InChI is InChI=1S/C21H23FN6O4S/c22-16-4-6-17(7-5-16)27-10-12-28(13-11-27)33(30,31)18-3-1-2-15(14-18)20(29)24-9-8-19-25-21(23)26-32-19/h1-7,14H,8-13H2,(H2,23,26)(H,24,29). The van der Waals surface area contributed by atoms with Crippen molar-refractivity contribution in [1.82, 2.24) is 19.8 Å². The highest BCUT2D eigenvalue weighted by Gasteiger charge is 2.29. The zero-order valence-electron chi connectivity index (χ0n) is 17.6. The van der Waals surface area contributed by atoms with Gasteiger partial charge in [0.05, 0.1) is 4.90 Å². The van der Waals surface area contributed by atoms with Crippen LogP contribution in [0.4, 0.5) is 16.0 Å². The van der Waals surface area contributed by atoms with E-state index in [1.807, 2.05) is 4.90 Å². The van der Waals surface area contributed by atoms with Crippen LogP contribution < -0.4 is 16.0 Å². The van der Waals surface area contributed by atoms with Gasteiger partial charge in [0, 0.05) is 50.4 Å². The SMILES string of the molecule is Nc1noc(CCNC(=O)c2cccc(S(=O)(=O)N3CCN(c4ccc(F)cc4)CC3)c2)n1. The Morgan fingerprint density at radius 3 is 2.52 bits per heavy atom. The molecular weight excluding hydrogens is 451 g/mol. The number of hydrogen-bond donors (Lipinski definition) is 2. The van der Waals surface area contributed by atoms with Crippen molar-refractivity contribution in [2.45, 2.75) is 11.3 Å². The Kier molecular flexibility index (Phi) is 6.56. The molecule has 0 atom stereocenters. The van der Waals surface area contributed by atoms with Gasteiger partial charge in [-0.25, -0.2) is 12.8 Å². The van der Waals surface area contributed by atoms with E-state index in [0.29, 0.717) is 25.4 Å². The number of carbonyl (C=O) groups excluding carboxylic acids is 1. The second-order valence-electron chi connectivity index (χ2n) is 7.45. The molecule has 4 rings (SSSR count). The molecular formula is C21H23FN6O4S. The highest BCUT2D eigenvalue weighted by Crippen LogP contribution is 2.22. The summed E-state index contributed by atoms with van der Waals surface area (Å²) in [5.74, 6) is -0.416. The highest BCUT2D eigenvalue weighted by molar-refractivity contribution is 7.89. The number of nitrogens with one attached hydrogen (secondary N) is 1. The Hall–Kier alpha value is -3.51. The Morgan fingerprint density at radius 1 is 1.12 bits per heavy atom. The Balaban J connectivity index is 1.37. The molecule has 174 valence electrons. The van der Waals surface area contributed by atoms with Crippen LogP contribution in [0.15, 0.2) is 57.9 Å². The smallest absolute Gasteiger partial charge is 0.260 e. The number of nitrogen functional groups attached to an aromatic ring is 1. The molecule has 1 saturated heterocycles. The third kappa shape index (κ3) is 5.29. The van der Waals surface area contributed by atoms with E-state index in [1.54, 1.807) is 18.2 Å². The normalized spacial score (nSPS) is 14.9. The molecule has 1 aliphatic heterocycles. The Labute approximate surface area is 190 Å². The summed E-state index contributed by atoms with van der Waals surface area (Å²) < 4.78 is 45.7. The molecule has 10 nitrogen and oxygen atoms in total. The third-order valence-electron chi connectivity index (χ3n) is 5.27. The Morgan fingerprint density at radius 2 is 1.85 bits per heavy atom. The first-order valence-electron chi connectivity index (χ1n) is 10.3. The highest BCUT2D eigenvalue weighted by atomic mass is 32.2. The molecule has 0 aliphatic carbocycles. The molecule has 0 bridgehead atoms. The summed E-state index contributed by atoms with van der Waals surface area (Å²) in [4.78, 5) is 18.4. The van der Waals surface area contributed by atoms with Crippen molar-refractivity contribution in [3.63, 3.8) is 0 Å². The first-order chi connectivity index (χ1) is 15.8. The van der Waals surface area contributed by atoms with Crippen LogP contribution >= 0.6 is 0 Å². The van der Waals surface area contributed by atoms with Crippen LogP contribution in [-0.2, 0) is 16.4 Å². The molecule has 3 N–H and O–H groups in total. The molecule has 1 aliphatic rings. The maximum absolute atomic E-state index is 13.1. The average molecular weight is 475 g/mol. The molecule has 3 aromatic rings. The molecule has 33 heavy (non-hydrogen) atoms. The van der Waals surface area contributed by atoms with Crippen molar-refractivity contribution in [2.24, 2.45) is 0 Å². The first kappa shape index (κ1) is 22.7. The predicted octanol–water partition coefficient (Wildman–Crippen LogP) is 1.27. The van der Waals surface area contributed by atoms with Crippen molar-refractivity contribution in [1.29, 1.82) is 0 Å². The maximum Gasteiger partial charge on any atom is 0.260 e. The van der Waals surface area contributed by atoms with Crippen LogP contribution in [0.2, 0.25) is 0 Å². The van der Waals surface area contributed by atoms with E-state index in [1.165, 1.54) is 34.6 Å². The minimum atomic E-state index is -3.77. The molecule has 12 heteroatoms. The summed E-state index contributed by atoms with van der Waals surface area (Å²) >= 11 is 0. The molecule has 0 radical (unpaired) electrons. The van der Waals surface area contributed by atoms with Crippen LogP contribution in [0.5, 0.6) is 0 Å². The van der Waals surface area contributed by atoms with Crippen LogP contribution in [0.3, 0.4) is 0 Å². The minimum Gasteiger partial charge on any atom is -0.369 e. The molecule has 2 aromatic carbocycles. The number of sulfonamides is 1. The van der Waals surface area contributed by atoms with Gasteiger partial charge in [-0.15, -0.1) is 0 Å². The molecule has 1 fully saturated rings. The van der Waals surface area contributed by atoms with E-state index < -0.39 is 15.9 Å². The van der Waals surface area contributed by atoms with Gasteiger partial charge >= 0.3 is 0 Å². The fourth-order valence-electron chi connectivity index (χ4n) is 3.54. The van der Waals surface area contributed by atoms with Crippen molar-refractivity contribution >= 4 is 27.6 Å². The number of carbonyl (C=O) groups is 1. The van der Waals surface area contributed by atoms with Gasteiger partial charge in [0.15, 0.2) is 0 Å². The maximum atomic E-state index is 13.1. The number of aromatic nitrogens is 2. The van der Waals surface area contributed by atoms with Crippen molar-refractivity contribution in [3.8, 4) is 0 Å². The van der Waals surface area contributed by atoms with E-state index in [-0.39, 0.29) is 41.9 Å². The van der Waals surface area contributed by atoms with Gasteiger partial charge in [-0.3, -0.25) is 4.79 Å². The van der Waals surface area contributed by atoms with Crippen LogP contribution in [0.1, 0.15) is 16.2 Å². The monoisotopic (exact) mass is 474 g/mol. The lowest BCUT2D eigenvalue weighted by Crippen LogP contribution is -2.48. The van der Waals surface area contributed by atoms with Gasteiger partial charge in [-0.2, -0.15) is 9.29 Å². The number of piperazine rings is 1. The van der Waals surface area contributed by atoms with Crippen LogP contribution in [0.25, 0.3) is 0 Å². The zero-order valence-corrected chi connectivity index (χ0v) is 18.5. The van der Waals surface area contributed by atoms with Crippen molar-refractivity contribution in [3.05, 3.63) is 65.8 Å². The summed E-state index contributed by atoms with van der Waals surface area (Å²) in [6.45, 7) is 1.74. The van der Waals surface area contributed by atoms with E-state index in [4.69, 9.17) is 10.3 Å². The Bertz CT molecular complexity index is 1220. The van der Waals surface area contributed by atoms with Gasteiger partial charge in [-0.1, -0.05) is 6.07 Å². The lowest BCUT2D eigenvalue weighted by molar-refractivity contribution is 0.0953. The van der Waals surface area contributed by atoms with Gasteiger partial charge in [0.2, 0.25) is 15.9 Å². The average Bonchev–Trinajstić information content (AvgIpc) is 3.24. The van der Waals surface area contributed by atoms with E-state index in [2.05, 4.69) is 15.5 Å². The van der Waals surface area contributed by atoms with E-state index >= 15 is 0 Å². The van der Waals surface area contributed by atoms with Crippen molar-refractivity contribution < 1.29 is 22.1 Å². The second-order valence-corrected chi connectivity index (χ2v) is 9.39. The zero-order chi connectivity index (χ0) is 23.4. The van der Waals surface area contributed by atoms with Crippen LogP contribution in [-0.4, -0.2) is 61.5 Å². The van der Waals surface area contributed by atoms with Gasteiger partial charge < -0.3 is 20.5 Å². The molecule has 0 spiro atoms. The number of nitrogens with two attached hydrogens (primary N) is 1. The second kappa shape index (κ2) is 9.55. The number of nitrogens with zero attached hydrogens (tertiary/aromatic N) is 4. The minimum absolute atomic E-state index is 0.0210. The van der Waals surface area contributed by atoms with E-state index in [0.717, 1.165) is 5.69 Å². The number of benzene rings is 2. The number of anilines is 2. The summed E-state index contributed by atoms with van der Waals surface area (Å²) in [6.07, 6.45) is 0.298. The molecule has 1 aromatic heterocycles. The van der Waals surface area contributed by atoms with Crippen molar-refractivity contribution in [2.75, 3.05) is 43.4 Å². The fraction of sp³-hybridized carbons (Fsp3) is 0.286. The number of amides is 1. The number of rotatable bonds is 7. The first-order valence-corrected chi connectivity index (χ1v) is 11.7. The largest absolute Gasteiger partial charge is 0.369 e. The summed E-state index contributed by atoms with van der Waals surface area (Å²) in [7, 11) is -3.77. The summed E-state index contributed by atoms with van der Waals surface area (Å²) in [5.41, 5.74) is 6.45. The lowest BCUT2D eigenvalue weighted by atomic mass is 10.2. The third-order valence-corrected chi connectivity index (χ3v) is 7.17. The lowest BCUT2D eigenvalue weighted by Gasteiger charge is -2.35. The molecule has 1 amide bonds. The van der Waals surface area contributed by atoms with Gasteiger partial charge in [0.1, 0.15) is 5.82 Å². The van der Waals surface area contributed by atoms with Gasteiger partial charge in [0.25, 0.3) is 11.9 Å². The van der Waals surface area contributed by atoms with Crippen LogP contribution in [0, 0.1) is 5.82 Å². The molecule has 0 saturated carbocycles. The molecule has 0 unspecified atom stereocenters. The predicted molar refractivity (Wildman–Crippen MR) is 119 cm³/mol. The number of hydrogen-bond acceptors (Lipinski definition) is 8. The van der Waals surface area contributed by atoms with Gasteiger partial charge in [-0.05, 0) is 47.6 Å². The molecule has 2 heterocycles. The topological polar surface area (TPSA) is 135 Å². The number of halogens is 1. The summed E-state index contributed by atoms with van der Waals surface area (Å²) in [5, 5.41) is 6.16. The quantitative estimate of drug-likeness (QED) is 0.523. The fourth-order valence-corrected chi connectivity index (χ4v) is 5.01. The van der Waals surface area contributed by atoms with E-state index in [9.17, 15) is 17.6 Å². The summed E-state index contributed by atoms with van der Waals surface area (Å²) in [6, 6.07) is 12.0.